The molecule has 1 saturated carbocycles. The van der Waals surface area contributed by atoms with Gasteiger partial charge >= 0.3 is 13.3 Å². The van der Waals surface area contributed by atoms with Crippen LogP contribution in [-0.2, 0) is 24.6 Å². The van der Waals surface area contributed by atoms with Gasteiger partial charge in [-0.15, -0.1) is 22.7 Å². The normalized spacial score (nSPS) is 17.0. The van der Waals surface area contributed by atoms with Gasteiger partial charge in [-0.2, -0.15) is 8.78 Å². The van der Waals surface area contributed by atoms with Crippen LogP contribution in [0.4, 0.5) is 14.5 Å². The number of hydrogen-bond donors (Lipinski definition) is 3. The van der Waals surface area contributed by atoms with E-state index < -0.39 is 42.7 Å². The van der Waals surface area contributed by atoms with E-state index in [2.05, 4.69) is 10.3 Å². The average Bonchev–Trinajstić information content (AvgIpc) is 3.46. The summed E-state index contributed by atoms with van der Waals surface area (Å²) in [5.74, 6) is -1.63. The zero-order valence-electron chi connectivity index (χ0n) is 27.7. The minimum atomic E-state index is -5.78. The van der Waals surface area contributed by atoms with Gasteiger partial charge in [0.05, 0.1) is 4.88 Å². The largest absolute Gasteiger partial charge is 0.399 e. The van der Waals surface area contributed by atoms with Crippen LogP contribution in [0.3, 0.4) is 0 Å². The molecule has 2 aromatic heterocycles. The van der Waals surface area contributed by atoms with Crippen molar-refractivity contribution in [1.29, 1.82) is 0 Å². The van der Waals surface area contributed by atoms with E-state index in [-0.39, 0.29) is 41.0 Å². The number of hydrogen-bond acceptors (Lipinski definition) is 8. The second-order valence-electron chi connectivity index (χ2n) is 12.8. The Hall–Kier alpha value is -4.08. The third kappa shape index (κ3) is 7.75. The van der Waals surface area contributed by atoms with Crippen LogP contribution in [0.2, 0.25) is 0 Å². The van der Waals surface area contributed by atoms with E-state index in [1.165, 1.54) is 38.2 Å². The molecule has 2 atom stereocenters. The summed E-state index contributed by atoms with van der Waals surface area (Å²) in [5.41, 5.74) is -3.82. The first-order chi connectivity index (χ1) is 24.2. The molecule has 4 aromatic rings. The third-order valence-electron chi connectivity index (χ3n) is 9.09. The van der Waals surface area contributed by atoms with E-state index in [9.17, 15) is 32.5 Å². The number of aromatic nitrogens is 1. The second-order valence-corrected chi connectivity index (χ2v) is 16.5. The van der Waals surface area contributed by atoms with Crippen LogP contribution in [0.25, 0.3) is 20.7 Å². The van der Waals surface area contributed by atoms with Crippen molar-refractivity contribution < 1.29 is 42.3 Å². The molecule has 1 aliphatic heterocycles. The van der Waals surface area contributed by atoms with Gasteiger partial charge in [0, 0.05) is 66.7 Å². The van der Waals surface area contributed by atoms with Gasteiger partial charge in [0.2, 0.25) is 17.7 Å². The molecular formula is C34H36F2N5O7PS2. The number of amides is 4. The lowest BCUT2D eigenvalue weighted by molar-refractivity contribution is -0.139. The van der Waals surface area contributed by atoms with Crippen LogP contribution in [0.5, 0.6) is 0 Å². The summed E-state index contributed by atoms with van der Waals surface area (Å²) >= 11 is 2.48. The third-order valence-corrected chi connectivity index (χ3v) is 12.0. The van der Waals surface area contributed by atoms with Crippen molar-refractivity contribution in [3.05, 3.63) is 70.5 Å². The summed E-state index contributed by atoms with van der Waals surface area (Å²) < 4.78 is 40.5. The van der Waals surface area contributed by atoms with Crippen LogP contribution < -0.4 is 10.2 Å². The molecule has 0 bridgehead atoms. The summed E-state index contributed by atoms with van der Waals surface area (Å²) in [7, 11) is -2.50. The van der Waals surface area contributed by atoms with E-state index in [1.807, 2.05) is 17.5 Å². The standard InChI is InChI=1S/C34H36F2N5O7PS2/c1-39(2)28(42)13-16-40(24-10-7-21(8-11-24)31-37-14-17-50-31)32(44)25-4-3-15-41(25)33(45)29(20-5-6-20)38-30(43)27-19-22-18-23(9-12-26(22)51-27)34(35,36)49(46,47)48/h7-12,14,17-20,25,29H,3-6,13,15-16H2,1-2H3,(H,38,43)(H2,46,47,48)/t25-,29?/m0/s1. The highest BCUT2D eigenvalue weighted by Gasteiger charge is 2.50. The molecule has 0 radical (unpaired) electrons. The molecule has 270 valence electrons. The number of thiophene rings is 1. The summed E-state index contributed by atoms with van der Waals surface area (Å²) in [6.45, 7) is 0.405. The number of alkyl halides is 2. The van der Waals surface area contributed by atoms with E-state index in [0.717, 1.165) is 34.0 Å². The van der Waals surface area contributed by atoms with Gasteiger partial charge in [0.25, 0.3) is 5.91 Å². The number of fused-ring (bicyclic) bond motifs is 1. The first kappa shape index (κ1) is 36.7. The van der Waals surface area contributed by atoms with Crippen molar-refractivity contribution in [2.45, 2.75) is 49.9 Å². The lowest BCUT2D eigenvalue weighted by Crippen LogP contribution is -2.55. The molecule has 3 heterocycles. The predicted octanol–water partition coefficient (Wildman–Crippen LogP) is 5.26. The highest BCUT2D eigenvalue weighted by atomic mass is 32.1. The Morgan fingerprint density at radius 3 is 2.43 bits per heavy atom. The maximum atomic E-state index is 14.3. The zero-order chi connectivity index (χ0) is 36.7. The number of anilines is 1. The Balaban J connectivity index is 1.21. The number of benzene rings is 2. The van der Waals surface area contributed by atoms with E-state index in [0.29, 0.717) is 42.6 Å². The van der Waals surface area contributed by atoms with Crippen LogP contribution in [0.15, 0.2) is 60.1 Å². The molecule has 51 heavy (non-hydrogen) atoms. The molecule has 1 unspecified atom stereocenters. The topological polar surface area (TPSA) is 160 Å². The van der Waals surface area contributed by atoms with Gasteiger partial charge in [-0.05, 0) is 79.5 Å². The predicted molar refractivity (Wildman–Crippen MR) is 190 cm³/mol. The highest BCUT2D eigenvalue weighted by Crippen LogP contribution is 2.59. The molecule has 3 N–H and O–H groups in total. The smallest absolute Gasteiger partial charge is 0.349 e. The SMILES string of the molecule is CN(C)C(=O)CCN(C(=O)[C@@H]1CCCN1C(=O)C(NC(=O)c1cc2cc(C(F)(F)P(=O)(O)O)ccc2s1)C1CC1)c1ccc(-c2nccs2)cc1. The maximum Gasteiger partial charge on any atom is 0.399 e. The minimum absolute atomic E-state index is 0.0714. The fraction of sp³-hybridized carbons (Fsp3) is 0.382. The quantitative estimate of drug-likeness (QED) is 0.165. The molecular weight excluding hydrogens is 724 g/mol. The molecule has 2 aromatic carbocycles. The van der Waals surface area contributed by atoms with Crippen molar-refractivity contribution in [3.63, 3.8) is 0 Å². The number of carbonyl (C=O) groups is 4. The van der Waals surface area contributed by atoms with Gasteiger partial charge < -0.3 is 29.8 Å². The van der Waals surface area contributed by atoms with Crippen molar-refractivity contribution in [2.24, 2.45) is 5.92 Å². The molecule has 1 aliphatic carbocycles. The average molecular weight is 760 g/mol. The Kier molecular flexibility index (Phi) is 10.4. The first-order valence-electron chi connectivity index (χ1n) is 16.3. The number of nitrogens with zero attached hydrogens (tertiary/aromatic N) is 4. The van der Waals surface area contributed by atoms with Gasteiger partial charge in [-0.3, -0.25) is 23.7 Å². The lowest BCUT2D eigenvalue weighted by Gasteiger charge is -2.33. The first-order valence-corrected chi connectivity index (χ1v) is 19.6. The molecule has 12 nitrogen and oxygen atoms in total. The maximum absolute atomic E-state index is 14.3. The molecule has 2 aliphatic rings. The van der Waals surface area contributed by atoms with E-state index >= 15 is 0 Å². The summed E-state index contributed by atoms with van der Waals surface area (Å²) in [4.78, 5) is 81.7. The molecule has 0 spiro atoms. The van der Waals surface area contributed by atoms with Crippen LogP contribution >= 0.6 is 30.3 Å². The minimum Gasteiger partial charge on any atom is -0.349 e. The highest BCUT2D eigenvalue weighted by molar-refractivity contribution is 7.52. The van der Waals surface area contributed by atoms with Gasteiger partial charge in [-0.25, -0.2) is 4.98 Å². The van der Waals surface area contributed by atoms with Crippen LogP contribution in [0.1, 0.15) is 47.3 Å². The Labute approximate surface area is 300 Å². The molecule has 6 rings (SSSR count). The van der Waals surface area contributed by atoms with Crippen molar-refractivity contribution in [3.8, 4) is 10.6 Å². The number of nitrogens with one attached hydrogen (secondary N) is 1. The Morgan fingerprint density at radius 2 is 1.80 bits per heavy atom. The Morgan fingerprint density at radius 1 is 1.08 bits per heavy atom. The number of thiazole rings is 1. The van der Waals surface area contributed by atoms with Crippen LogP contribution in [0, 0.1) is 5.92 Å². The van der Waals surface area contributed by atoms with Crippen molar-refractivity contribution >= 4 is 69.7 Å². The van der Waals surface area contributed by atoms with Gasteiger partial charge in [0.15, 0.2) is 0 Å². The molecule has 4 amide bonds. The fourth-order valence-corrected chi connectivity index (χ4v) is 8.19. The summed E-state index contributed by atoms with van der Waals surface area (Å²) in [6, 6.07) is 10.0. The van der Waals surface area contributed by atoms with E-state index in [4.69, 9.17) is 9.79 Å². The number of rotatable bonds is 12. The van der Waals surface area contributed by atoms with Crippen molar-refractivity contribution in [1.82, 2.24) is 20.1 Å². The van der Waals surface area contributed by atoms with E-state index in [1.54, 1.807) is 32.4 Å². The second kappa shape index (κ2) is 14.5. The number of halogens is 2. The molecule has 1 saturated heterocycles. The fourth-order valence-electron chi connectivity index (χ4n) is 6.13. The number of carbonyl (C=O) groups excluding carboxylic acids is 4. The van der Waals surface area contributed by atoms with Crippen molar-refractivity contribution in [2.75, 3.05) is 32.1 Å². The number of likely N-dealkylation sites (tertiary alicyclic amines) is 1. The monoisotopic (exact) mass is 759 g/mol. The zero-order valence-corrected chi connectivity index (χ0v) is 30.2. The van der Waals surface area contributed by atoms with Crippen LogP contribution in [-0.4, -0.2) is 87.5 Å². The van der Waals surface area contributed by atoms with Gasteiger partial charge in [0.1, 0.15) is 17.1 Å². The molecule has 2 fully saturated rings. The van der Waals surface area contributed by atoms with Gasteiger partial charge in [-0.1, -0.05) is 6.07 Å². The lowest BCUT2D eigenvalue weighted by atomic mass is 10.1. The Bertz CT molecular complexity index is 2000. The summed E-state index contributed by atoms with van der Waals surface area (Å²) in [6.07, 6.45) is 4.14. The molecule has 17 heteroatoms. The summed E-state index contributed by atoms with van der Waals surface area (Å²) in [5, 5.41) is 5.71.